The Balaban J connectivity index is 1.76. The van der Waals surface area contributed by atoms with E-state index in [1.165, 1.54) is 24.8 Å². The van der Waals surface area contributed by atoms with Gasteiger partial charge in [-0.3, -0.25) is 9.59 Å². The van der Waals surface area contributed by atoms with Gasteiger partial charge in [0.05, 0.1) is 5.41 Å². The first kappa shape index (κ1) is 17.7. The molecule has 4 rings (SSSR count). The highest BCUT2D eigenvalue weighted by molar-refractivity contribution is 9.09. The van der Waals surface area contributed by atoms with Crippen molar-refractivity contribution in [3.63, 3.8) is 0 Å². The molecule has 0 aromatic carbocycles. The van der Waals surface area contributed by atoms with Gasteiger partial charge in [-0.15, -0.1) is 0 Å². The number of Topliss-reactive ketones (excluding diaryl/α,β-unsaturated/α-hetero) is 2. The van der Waals surface area contributed by atoms with Gasteiger partial charge in [0.15, 0.2) is 0 Å². The van der Waals surface area contributed by atoms with E-state index in [1.807, 2.05) is 6.92 Å². The molecule has 2 fully saturated rings. The molecular weight excluding hydrogens is 380 g/mol. The average Bonchev–Trinajstić information content (AvgIpc) is 2.92. The summed E-state index contributed by atoms with van der Waals surface area (Å²) in [4.78, 5) is 25.1. The zero-order chi connectivity index (χ0) is 18.0. The molecule has 4 heteroatoms. The van der Waals surface area contributed by atoms with Crippen LogP contribution in [0.25, 0.3) is 0 Å². The molecule has 0 heterocycles. The van der Waals surface area contributed by atoms with Gasteiger partial charge >= 0.3 is 0 Å². The van der Waals surface area contributed by atoms with Crippen LogP contribution in [-0.4, -0.2) is 28.1 Å². The number of carbonyl (C=O) groups is 2. The first-order valence-electron chi connectivity index (χ1n) is 9.58. The standard InChI is InChI=1S/C21H27BrO3/c1-20-9-7-16-14(15(20)6-4-12(20)8-10-22)5-3-13-11-17(23)18(24)19(25)21(13,16)2/h7,11-12,14-15,17,23H,3-6,8-10H2,1-2H3/t12-,14+,15+,17?,20-,21+/m1/s1. The highest BCUT2D eigenvalue weighted by Gasteiger charge is 2.58. The van der Waals surface area contributed by atoms with Gasteiger partial charge in [-0.25, -0.2) is 0 Å². The van der Waals surface area contributed by atoms with Crippen LogP contribution in [0, 0.1) is 28.6 Å². The number of halogens is 1. The normalized spacial score (nSPS) is 46.1. The summed E-state index contributed by atoms with van der Waals surface area (Å²) in [6.07, 6.45) is 9.30. The van der Waals surface area contributed by atoms with Gasteiger partial charge in [0.1, 0.15) is 6.10 Å². The number of ketones is 2. The van der Waals surface area contributed by atoms with Crippen molar-refractivity contribution in [2.45, 2.75) is 58.5 Å². The lowest BCUT2D eigenvalue weighted by atomic mass is 9.50. The average molecular weight is 407 g/mol. The second kappa shape index (κ2) is 5.88. The Morgan fingerprint density at radius 3 is 2.72 bits per heavy atom. The van der Waals surface area contributed by atoms with Crippen LogP contribution >= 0.6 is 15.9 Å². The van der Waals surface area contributed by atoms with E-state index in [0.717, 1.165) is 36.1 Å². The zero-order valence-corrected chi connectivity index (χ0v) is 16.6. The highest BCUT2D eigenvalue weighted by atomic mass is 79.9. The predicted octanol–water partition coefficient (Wildman–Crippen LogP) is 3.99. The molecule has 0 aliphatic heterocycles. The summed E-state index contributed by atoms with van der Waals surface area (Å²) in [5.41, 5.74) is 1.66. The molecule has 0 saturated heterocycles. The minimum atomic E-state index is -1.24. The zero-order valence-electron chi connectivity index (χ0n) is 15.1. The molecule has 0 radical (unpaired) electrons. The van der Waals surface area contributed by atoms with Crippen molar-refractivity contribution in [2.75, 3.05) is 5.33 Å². The van der Waals surface area contributed by atoms with E-state index >= 15 is 0 Å². The Morgan fingerprint density at radius 1 is 1.24 bits per heavy atom. The van der Waals surface area contributed by atoms with Gasteiger partial charge in [0.25, 0.3) is 0 Å². The predicted molar refractivity (Wildman–Crippen MR) is 100 cm³/mol. The molecule has 0 aromatic heterocycles. The van der Waals surface area contributed by atoms with E-state index < -0.39 is 23.1 Å². The lowest BCUT2D eigenvalue weighted by Gasteiger charge is -2.52. The summed E-state index contributed by atoms with van der Waals surface area (Å²) in [7, 11) is 0. The van der Waals surface area contributed by atoms with E-state index in [4.69, 9.17) is 0 Å². The number of fused-ring (bicyclic) bond motifs is 5. The van der Waals surface area contributed by atoms with Crippen molar-refractivity contribution >= 4 is 27.5 Å². The van der Waals surface area contributed by atoms with E-state index in [1.54, 1.807) is 6.08 Å². The molecule has 136 valence electrons. The van der Waals surface area contributed by atoms with E-state index in [-0.39, 0.29) is 0 Å². The van der Waals surface area contributed by atoms with Gasteiger partial charge in [-0.2, -0.15) is 0 Å². The molecule has 0 spiro atoms. The number of hydrogen-bond acceptors (Lipinski definition) is 3. The minimum absolute atomic E-state index is 0.320. The summed E-state index contributed by atoms with van der Waals surface area (Å²) in [5, 5.41) is 11.0. The molecule has 25 heavy (non-hydrogen) atoms. The summed E-state index contributed by atoms with van der Waals surface area (Å²) >= 11 is 3.61. The topological polar surface area (TPSA) is 54.4 Å². The molecule has 2 saturated carbocycles. The summed E-state index contributed by atoms with van der Waals surface area (Å²) < 4.78 is 0. The van der Waals surface area contributed by atoms with Crippen LogP contribution in [0.4, 0.5) is 0 Å². The fourth-order valence-electron chi connectivity index (χ4n) is 6.48. The molecule has 0 aromatic rings. The third kappa shape index (κ3) is 2.26. The van der Waals surface area contributed by atoms with Gasteiger partial charge in [0, 0.05) is 5.33 Å². The molecule has 4 aliphatic carbocycles. The molecule has 0 bridgehead atoms. The SMILES string of the molecule is C[C@]12C(=O)C(=O)C(O)C=C1CC[C@@H]1C2=CC[C@]2(C)[C@@H](CCBr)CC[C@@H]12. The van der Waals surface area contributed by atoms with Crippen LogP contribution in [0.15, 0.2) is 23.3 Å². The summed E-state index contributed by atoms with van der Waals surface area (Å²) in [6.45, 7) is 4.37. The Bertz CT molecular complexity index is 693. The van der Waals surface area contributed by atoms with Crippen LogP contribution in [0.3, 0.4) is 0 Å². The maximum Gasteiger partial charge on any atom is 0.231 e. The van der Waals surface area contributed by atoms with Crippen LogP contribution in [0.5, 0.6) is 0 Å². The van der Waals surface area contributed by atoms with Crippen molar-refractivity contribution in [2.24, 2.45) is 28.6 Å². The number of carbonyl (C=O) groups excluding carboxylic acids is 2. The molecule has 1 N–H and O–H groups in total. The molecular formula is C21H27BrO3. The fraction of sp³-hybridized carbons (Fsp3) is 0.714. The number of aliphatic hydroxyl groups excluding tert-OH is 1. The van der Waals surface area contributed by atoms with Crippen molar-refractivity contribution in [1.29, 1.82) is 0 Å². The monoisotopic (exact) mass is 406 g/mol. The molecule has 3 nitrogen and oxygen atoms in total. The largest absolute Gasteiger partial charge is 0.381 e. The van der Waals surface area contributed by atoms with Gasteiger partial charge in [0.2, 0.25) is 11.6 Å². The number of allylic oxidation sites excluding steroid dienone is 3. The first-order valence-corrected chi connectivity index (χ1v) is 10.7. The molecule has 4 aliphatic rings. The number of hydrogen-bond donors (Lipinski definition) is 1. The minimum Gasteiger partial charge on any atom is -0.381 e. The third-order valence-electron chi connectivity index (χ3n) is 7.96. The number of alkyl halides is 1. The Hall–Kier alpha value is -0.740. The Labute approximate surface area is 158 Å². The van der Waals surface area contributed by atoms with Crippen molar-refractivity contribution in [3.8, 4) is 0 Å². The maximum absolute atomic E-state index is 12.9. The lowest BCUT2D eigenvalue weighted by Crippen LogP contribution is -2.52. The molecule has 1 unspecified atom stereocenters. The second-order valence-corrected chi connectivity index (χ2v) is 9.62. The van der Waals surface area contributed by atoms with E-state index in [2.05, 4.69) is 28.9 Å². The molecule has 6 atom stereocenters. The summed E-state index contributed by atoms with van der Waals surface area (Å²) in [5.74, 6) is 0.736. The third-order valence-corrected chi connectivity index (χ3v) is 8.42. The molecule has 0 amide bonds. The lowest BCUT2D eigenvalue weighted by molar-refractivity contribution is -0.145. The van der Waals surface area contributed by atoms with Gasteiger partial charge in [-0.1, -0.05) is 40.1 Å². The van der Waals surface area contributed by atoms with Crippen molar-refractivity contribution < 1.29 is 14.7 Å². The number of rotatable bonds is 2. The van der Waals surface area contributed by atoms with Crippen LogP contribution < -0.4 is 0 Å². The highest BCUT2D eigenvalue weighted by Crippen LogP contribution is 2.64. The Kier molecular flexibility index (Phi) is 4.16. The smallest absolute Gasteiger partial charge is 0.231 e. The maximum atomic E-state index is 12.9. The Morgan fingerprint density at radius 2 is 2.00 bits per heavy atom. The van der Waals surface area contributed by atoms with Crippen molar-refractivity contribution in [1.82, 2.24) is 0 Å². The van der Waals surface area contributed by atoms with Crippen LogP contribution in [0.1, 0.15) is 52.4 Å². The van der Waals surface area contributed by atoms with Gasteiger partial charge < -0.3 is 5.11 Å². The van der Waals surface area contributed by atoms with Crippen LogP contribution in [-0.2, 0) is 9.59 Å². The van der Waals surface area contributed by atoms with E-state index in [9.17, 15) is 14.7 Å². The first-order chi connectivity index (χ1) is 11.8. The number of aliphatic hydroxyl groups is 1. The van der Waals surface area contributed by atoms with Crippen molar-refractivity contribution in [3.05, 3.63) is 23.3 Å². The fourth-order valence-corrected chi connectivity index (χ4v) is 7.03. The van der Waals surface area contributed by atoms with Crippen LogP contribution in [0.2, 0.25) is 0 Å². The van der Waals surface area contributed by atoms with E-state index in [0.29, 0.717) is 17.3 Å². The quantitative estimate of drug-likeness (QED) is 0.428. The van der Waals surface area contributed by atoms with Gasteiger partial charge in [-0.05, 0) is 74.7 Å². The summed E-state index contributed by atoms with van der Waals surface area (Å²) in [6, 6.07) is 0. The second-order valence-electron chi connectivity index (χ2n) is 8.83.